The van der Waals surface area contributed by atoms with Crippen molar-refractivity contribution in [2.24, 2.45) is 5.16 Å². The van der Waals surface area contributed by atoms with Crippen molar-refractivity contribution in [2.75, 3.05) is 24.4 Å². The topological polar surface area (TPSA) is 199 Å². The molecule has 0 aromatic carbocycles. The summed E-state index contributed by atoms with van der Waals surface area (Å²) < 4.78 is 41.4. The van der Waals surface area contributed by atoms with Crippen LogP contribution in [0.4, 0.5) is 0 Å². The Morgan fingerprint density at radius 3 is 2.57 bits per heavy atom. The predicted molar refractivity (Wildman–Crippen MR) is 130 cm³/mol. The van der Waals surface area contributed by atoms with Gasteiger partial charge in [-0.1, -0.05) is 5.16 Å². The monoisotopic (exact) mass is 576 g/mol. The molecule has 3 atom stereocenters. The highest BCUT2D eigenvalue weighted by Gasteiger charge is 2.57. The van der Waals surface area contributed by atoms with Gasteiger partial charge in [-0.2, -0.15) is 0 Å². The number of thiazole rings is 1. The first-order chi connectivity index (χ1) is 17.1. The predicted octanol–water partition coefficient (Wildman–Crippen LogP) is -0.996. The zero-order chi connectivity index (χ0) is 27.7. The van der Waals surface area contributed by atoms with Gasteiger partial charge in [-0.05, 0) is 26.3 Å². The molecule has 1 fully saturated rings. The normalized spacial score (nSPS) is 22.2. The molecule has 3 heterocycles. The van der Waals surface area contributed by atoms with E-state index in [2.05, 4.69) is 15.5 Å². The van der Waals surface area contributed by atoms with Crippen LogP contribution in [-0.2, 0) is 49.4 Å². The fraction of sp³-hybridized carbons (Fsp3) is 0.500. The molecule has 14 nitrogen and oxygen atoms in total. The van der Waals surface area contributed by atoms with E-state index in [1.54, 1.807) is 20.8 Å². The standard InChI is InChI=1S/C20H24N4O10S3/c1-20(2,3)34-12(25)5-33-23-13(11-6-35-9-21-11)16(26)22-14-17(27)24-15(19(28)29)10(8-37(4,31)32)7-36(30)18(14)24/h6,9,14,18H,5,7-8H2,1-4H3,(H,22,26)(H,28,29)/b23-13-/t14?,18-,36?/m1/s1. The van der Waals surface area contributed by atoms with E-state index in [0.29, 0.717) is 0 Å². The Hall–Kier alpha value is -3.18. The van der Waals surface area contributed by atoms with Gasteiger partial charge in [-0.25, -0.2) is 23.0 Å². The Kier molecular flexibility index (Phi) is 8.18. The minimum atomic E-state index is -3.67. The molecule has 1 aromatic rings. The molecule has 0 bridgehead atoms. The maximum absolute atomic E-state index is 13.0. The number of amides is 2. The number of β-lactam (4-membered cyclic amide) rings is 1. The zero-order valence-electron chi connectivity index (χ0n) is 20.1. The third-order valence-electron chi connectivity index (χ3n) is 4.78. The van der Waals surface area contributed by atoms with E-state index in [1.807, 2.05) is 0 Å². The second kappa shape index (κ2) is 10.7. The molecule has 2 aliphatic rings. The van der Waals surface area contributed by atoms with Gasteiger partial charge < -0.3 is 20.0 Å². The molecule has 2 aliphatic heterocycles. The molecule has 2 amide bonds. The number of carboxylic acids is 1. The number of sulfone groups is 1. The smallest absolute Gasteiger partial charge is 0.352 e. The van der Waals surface area contributed by atoms with Gasteiger partial charge in [0.1, 0.15) is 28.4 Å². The van der Waals surface area contributed by atoms with Crippen molar-refractivity contribution in [1.29, 1.82) is 0 Å². The largest absolute Gasteiger partial charge is 0.477 e. The number of hydrogen-bond acceptors (Lipinski definition) is 12. The molecule has 202 valence electrons. The maximum Gasteiger partial charge on any atom is 0.352 e. The van der Waals surface area contributed by atoms with Crippen molar-refractivity contribution in [3.8, 4) is 0 Å². The number of aliphatic carboxylic acids is 1. The van der Waals surface area contributed by atoms with Gasteiger partial charge in [0, 0.05) is 11.6 Å². The quantitative estimate of drug-likeness (QED) is 0.158. The van der Waals surface area contributed by atoms with E-state index in [0.717, 1.165) is 22.5 Å². The lowest BCUT2D eigenvalue weighted by atomic mass is 10.0. The van der Waals surface area contributed by atoms with Crippen molar-refractivity contribution in [2.45, 2.75) is 37.8 Å². The van der Waals surface area contributed by atoms with Crippen LogP contribution in [0.1, 0.15) is 26.5 Å². The van der Waals surface area contributed by atoms with E-state index in [9.17, 15) is 36.9 Å². The number of esters is 1. The second-order valence-corrected chi connectivity index (χ2v) is 13.5. The number of rotatable bonds is 9. The molecule has 3 rings (SSSR count). The van der Waals surface area contributed by atoms with Crippen molar-refractivity contribution in [1.82, 2.24) is 15.2 Å². The number of oxime groups is 1. The van der Waals surface area contributed by atoms with Crippen LogP contribution < -0.4 is 5.32 Å². The Balaban J connectivity index is 1.80. The number of ether oxygens (including phenoxy) is 1. The highest BCUT2D eigenvalue weighted by Crippen LogP contribution is 2.35. The summed E-state index contributed by atoms with van der Waals surface area (Å²) in [7, 11) is -5.58. The summed E-state index contributed by atoms with van der Waals surface area (Å²) in [4.78, 5) is 59.2. The number of nitrogens with one attached hydrogen (secondary N) is 1. The number of carbonyl (C=O) groups is 4. The molecule has 0 saturated carbocycles. The van der Waals surface area contributed by atoms with E-state index in [1.165, 1.54) is 10.9 Å². The third kappa shape index (κ3) is 6.78. The highest BCUT2D eigenvalue weighted by atomic mass is 32.2. The van der Waals surface area contributed by atoms with Crippen LogP contribution in [-0.4, -0.2) is 98.5 Å². The summed E-state index contributed by atoms with van der Waals surface area (Å²) in [5, 5.41) is 15.9. The van der Waals surface area contributed by atoms with Crippen molar-refractivity contribution in [3.05, 3.63) is 27.9 Å². The summed E-state index contributed by atoms with van der Waals surface area (Å²) in [5.41, 5.74) is -0.407. The number of fused-ring (bicyclic) bond motifs is 1. The lowest BCUT2D eigenvalue weighted by Crippen LogP contribution is -2.74. The van der Waals surface area contributed by atoms with Gasteiger partial charge in [0.05, 0.1) is 27.8 Å². The Labute approximate surface area is 218 Å². The van der Waals surface area contributed by atoms with Crippen LogP contribution in [0, 0.1) is 0 Å². The lowest BCUT2D eigenvalue weighted by Gasteiger charge is -2.49. The van der Waals surface area contributed by atoms with Crippen LogP contribution >= 0.6 is 11.3 Å². The molecule has 1 saturated heterocycles. The van der Waals surface area contributed by atoms with Crippen LogP contribution in [0.15, 0.2) is 27.3 Å². The molecule has 17 heteroatoms. The van der Waals surface area contributed by atoms with Gasteiger partial charge in [0.25, 0.3) is 11.8 Å². The SMILES string of the molecule is CC(C)(C)OC(=O)CO/N=C(\C(=O)NC1C(=O)N2C(C(=O)O)=C(CS(C)(=O)=O)CS(=O)[C@H]12)c1cscn1. The maximum atomic E-state index is 13.0. The number of carboxylic acid groups (broad SMARTS) is 1. The summed E-state index contributed by atoms with van der Waals surface area (Å²) in [6.07, 6.45) is 0.889. The molecule has 1 aromatic heterocycles. The summed E-state index contributed by atoms with van der Waals surface area (Å²) in [6, 6.07) is -1.38. The molecule has 2 unspecified atom stereocenters. The Morgan fingerprint density at radius 2 is 2.03 bits per heavy atom. The first kappa shape index (κ1) is 28.4. The van der Waals surface area contributed by atoms with E-state index in [-0.39, 0.29) is 17.0 Å². The van der Waals surface area contributed by atoms with Crippen LogP contribution in [0.2, 0.25) is 0 Å². The number of carbonyl (C=O) groups excluding carboxylic acids is 3. The molecular weight excluding hydrogens is 552 g/mol. The minimum Gasteiger partial charge on any atom is -0.477 e. The van der Waals surface area contributed by atoms with Crippen LogP contribution in [0.5, 0.6) is 0 Å². The average molecular weight is 577 g/mol. The van der Waals surface area contributed by atoms with Gasteiger partial charge in [-0.3, -0.25) is 18.7 Å². The molecule has 0 aliphatic carbocycles. The fourth-order valence-electron chi connectivity index (χ4n) is 3.54. The third-order valence-corrected chi connectivity index (χ3v) is 7.89. The minimum absolute atomic E-state index is 0.0710. The first-order valence-corrected chi connectivity index (χ1v) is 14.9. The van der Waals surface area contributed by atoms with Crippen molar-refractivity contribution >= 4 is 61.4 Å². The summed E-state index contributed by atoms with van der Waals surface area (Å²) in [6.45, 7) is 4.36. The molecule has 37 heavy (non-hydrogen) atoms. The van der Waals surface area contributed by atoms with E-state index < -0.39 is 85.2 Å². The number of nitrogens with zero attached hydrogens (tertiary/aromatic N) is 3. The number of hydrogen-bond donors (Lipinski definition) is 2. The van der Waals surface area contributed by atoms with Gasteiger partial charge in [0.15, 0.2) is 15.5 Å². The zero-order valence-corrected chi connectivity index (χ0v) is 22.6. The molecule has 0 radical (unpaired) electrons. The van der Waals surface area contributed by atoms with Crippen molar-refractivity contribution in [3.63, 3.8) is 0 Å². The second-order valence-electron chi connectivity index (χ2n) is 9.08. The van der Waals surface area contributed by atoms with E-state index in [4.69, 9.17) is 9.57 Å². The average Bonchev–Trinajstić information content (AvgIpc) is 3.26. The fourth-order valence-corrected chi connectivity index (χ4v) is 6.77. The van der Waals surface area contributed by atoms with Gasteiger partial charge >= 0.3 is 11.9 Å². The molecule has 2 N–H and O–H groups in total. The number of aromatic nitrogens is 1. The first-order valence-electron chi connectivity index (χ1n) is 10.5. The van der Waals surface area contributed by atoms with Crippen LogP contribution in [0.3, 0.4) is 0 Å². The van der Waals surface area contributed by atoms with E-state index >= 15 is 0 Å². The highest BCUT2D eigenvalue weighted by molar-refractivity contribution is 7.91. The lowest BCUT2D eigenvalue weighted by molar-refractivity contribution is -0.160. The molecular formula is C20H24N4O10S3. The molecule has 0 spiro atoms. The van der Waals surface area contributed by atoms with Gasteiger partial charge in [0.2, 0.25) is 6.61 Å². The summed E-state index contributed by atoms with van der Waals surface area (Å²) >= 11 is 1.14. The Morgan fingerprint density at radius 1 is 1.35 bits per heavy atom. The summed E-state index contributed by atoms with van der Waals surface area (Å²) in [5.74, 6) is -5.21. The van der Waals surface area contributed by atoms with Crippen molar-refractivity contribution < 1.29 is 46.5 Å². The van der Waals surface area contributed by atoms with Gasteiger partial charge in [-0.15, -0.1) is 11.3 Å². The van der Waals surface area contributed by atoms with Crippen LogP contribution in [0.25, 0.3) is 0 Å². The Bertz CT molecular complexity index is 1310.